The van der Waals surface area contributed by atoms with Crippen LogP contribution in [-0.2, 0) is 0 Å². The molecule has 88 valence electrons. The average Bonchev–Trinajstić information content (AvgIpc) is 2.87. The molecule has 0 saturated carbocycles. The van der Waals surface area contributed by atoms with E-state index in [1.54, 1.807) is 11.3 Å². The Morgan fingerprint density at radius 3 is 2.56 bits per heavy atom. The molecule has 0 aliphatic carbocycles. The van der Waals surface area contributed by atoms with E-state index in [4.69, 9.17) is 23.2 Å². The van der Waals surface area contributed by atoms with Crippen LogP contribution in [0.15, 0.2) is 30.3 Å². The number of benzene rings is 2. The summed E-state index contributed by atoms with van der Waals surface area (Å²) < 4.78 is 4.15. The largest absolute Gasteiger partial charge is 0.224 e. The molecule has 2 aromatic carbocycles. The fraction of sp³-hybridized carbons (Fsp3) is 0. The predicted molar refractivity (Wildman–Crippen MR) is 82.5 cm³/mol. The number of aromatic nitrogens is 1. The van der Waals surface area contributed by atoms with E-state index in [-0.39, 0.29) is 0 Å². The van der Waals surface area contributed by atoms with Crippen LogP contribution in [0.1, 0.15) is 0 Å². The first-order chi connectivity index (χ1) is 8.72. The molecular formula is C13H5Cl2NS2. The Morgan fingerprint density at radius 2 is 1.67 bits per heavy atom. The molecule has 4 aromatic rings. The molecule has 1 nitrogen and oxygen atoms in total. The van der Waals surface area contributed by atoms with Crippen molar-refractivity contribution in [3.8, 4) is 0 Å². The van der Waals surface area contributed by atoms with Gasteiger partial charge in [-0.3, -0.25) is 0 Å². The highest BCUT2D eigenvalue weighted by molar-refractivity contribution is 7.26. The average molecular weight is 310 g/mol. The summed E-state index contributed by atoms with van der Waals surface area (Å²) in [5, 5.41) is 3.08. The third-order valence-corrected chi connectivity index (χ3v) is 5.42. The van der Waals surface area contributed by atoms with Gasteiger partial charge in [0.15, 0.2) is 4.47 Å². The molecular weight excluding hydrogens is 305 g/mol. The third-order valence-electron chi connectivity index (χ3n) is 2.93. The number of halogens is 2. The molecule has 18 heavy (non-hydrogen) atoms. The second-order valence-corrected chi connectivity index (χ2v) is 7.13. The maximum absolute atomic E-state index is 6.09. The molecule has 2 heterocycles. The Kier molecular flexibility index (Phi) is 2.33. The lowest BCUT2D eigenvalue weighted by atomic mass is 10.1. The zero-order valence-corrected chi connectivity index (χ0v) is 12.1. The van der Waals surface area contributed by atoms with Crippen molar-refractivity contribution in [2.45, 2.75) is 0 Å². The first-order valence-corrected chi connectivity index (χ1v) is 7.68. The van der Waals surface area contributed by atoms with Crippen molar-refractivity contribution in [2.24, 2.45) is 0 Å². The smallest absolute Gasteiger partial charge is 0.184 e. The van der Waals surface area contributed by atoms with E-state index in [9.17, 15) is 0 Å². The van der Waals surface area contributed by atoms with Crippen molar-refractivity contribution >= 4 is 76.3 Å². The highest BCUT2D eigenvalue weighted by Gasteiger charge is 2.12. The molecule has 0 atom stereocenters. The predicted octanol–water partition coefficient (Wildman–Crippen LogP) is 5.97. The van der Waals surface area contributed by atoms with Gasteiger partial charge in [0.05, 0.1) is 10.2 Å². The first-order valence-electron chi connectivity index (χ1n) is 5.29. The van der Waals surface area contributed by atoms with Gasteiger partial charge in [0.2, 0.25) is 0 Å². The summed E-state index contributed by atoms with van der Waals surface area (Å²) in [4.78, 5) is 4.44. The van der Waals surface area contributed by atoms with Gasteiger partial charge in [-0.05, 0) is 30.3 Å². The number of hydrogen-bond acceptors (Lipinski definition) is 3. The van der Waals surface area contributed by atoms with Crippen LogP contribution in [0.5, 0.6) is 0 Å². The Labute approximate surface area is 121 Å². The van der Waals surface area contributed by atoms with Crippen LogP contribution in [0.4, 0.5) is 0 Å². The lowest BCUT2D eigenvalue weighted by molar-refractivity contribution is 1.52. The third kappa shape index (κ3) is 1.48. The van der Waals surface area contributed by atoms with Gasteiger partial charge >= 0.3 is 0 Å². The number of fused-ring (bicyclic) bond motifs is 5. The number of thiophene rings is 1. The minimum absolute atomic E-state index is 0.582. The van der Waals surface area contributed by atoms with Crippen LogP contribution < -0.4 is 0 Å². The molecule has 0 unspecified atom stereocenters. The normalized spacial score (nSPS) is 11.9. The minimum Gasteiger partial charge on any atom is -0.224 e. The molecule has 0 aliphatic heterocycles. The van der Waals surface area contributed by atoms with Crippen LogP contribution in [0.25, 0.3) is 30.4 Å². The summed E-state index contributed by atoms with van der Waals surface area (Å²) in [5.74, 6) is 0. The number of hydrogen-bond donors (Lipinski definition) is 0. The topological polar surface area (TPSA) is 12.9 Å². The maximum Gasteiger partial charge on any atom is 0.184 e. The summed E-state index contributed by atoms with van der Waals surface area (Å²) >= 11 is 15.4. The Hall–Kier alpha value is -0.870. The second-order valence-electron chi connectivity index (χ2n) is 3.99. The van der Waals surface area contributed by atoms with E-state index in [1.807, 2.05) is 12.1 Å². The first kappa shape index (κ1) is 11.0. The molecule has 0 amide bonds. The van der Waals surface area contributed by atoms with Gasteiger partial charge in [-0.25, -0.2) is 4.98 Å². The molecule has 0 bridgehead atoms. The monoisotopic (exact) mass is 309 g/mol. The van der Waals surface area contributed by atoms with Gasteiger partial charge in [-0.1, -0.05) is 23.2 Å². The number of thiazole rings is 1. The quantitative estimate of drug-likeness (QED) is 0.390. The van der Waals surface area contributed by atoms with Gasteiger partial charge < -0.3 is 0 Å². The molecule has 2 aromatic heterocycles. The van der Waals surface area contributed by atoms with E-state index in [2.05, 4.69) is 23.2 Å². The fourth-order valence-electron chi connectivity index (χ4n) is 2.20. The lowest BCUT2D eigenvalue weighted by Crippen LogP contribution is -1.71. The summed E-state index contributed by atoms with van der Waals surface area (Å²) in [5.41, 5.74) is 0.982. The maximum atomic E-state index is 6.09. The summed E-state index contributed by atoms with van der Waals surface area (Å²) in [6.07, 6.45) is 0. The molecule has 0 saturated heterocycles. The van der Waals surface area contributed by atoms with E-state index >= 15 is 0 Å². The van der Waals surface area contributed by atoms with Crippen LogP contribution >= 0.6 is 45.9 Å². The highest BCUT2D eigenvalue weighted by Crippen LogP contribution is 2.41. The van der Waals surface area contributed by atoms with Gasteiger partial charge in [-0.15, -0.1) is 22.7 Å². The Balaban J connectivity index is 2.34. The van der Waals surface area contributed by atoms with Crippen molar-refractivity contribution in [1.29, 1.82) is 0 Å². The van der Waals surface area contributed by atoms with E-state index in [1.165, 1.54) is 20.7 Å². The van der Waals surface area contributed by atoms with Crippen molar-refractivity contribution in [1.82, 2.24) is 4.98 Å². The van der Waals surface area contributed by atoms with Gasteiger partial charge in [0, 0.05) is 25.2 Å². The number of nitrogens with zero attached hydrogens (tertiary/aromatic N) is 1. The van der Waals surface area contributed by atoms with Crippen LogP contribution in [0.3, 0.4) is 0 Å². The zero-order chi connectivity index (χ0) is 12.3. The van der Waals surface area contributed by atoms with E-state index in [0.717, 1.165) is 26.0 Å². The molecule has 0 aliphatic rings. The Morgan fingerprint density at radius 1 is 0.889 bits per heavy atom. The fourth-order valence-corrected chi connectivity index (χ4v) is 4.49. The van der Waals surface area contributed by atoms with Gasteiger partial charge in [-0.2, -0.15) is 0 Å². The lowest BCUT2D eigenvalue weighted by Gasteiger charge is -1.94. The molecule has 0 radical (unpaired) electrons. The second kappa shape index (κ2) is 3.81. The molecule has 0 spiro atoms. The highest BCUT2D eigenvalue weighted by atomic mass is 35.5. The van der Waals surface area contributed by atoms with Crippen molar-refractivity contribution in [3.63, 3.8) is 0 Å². The van der Waals surface area contributed by atoms with Crippen molar-refractivity contribution < 1.29 is 0 Å². The van der Waals surface area contributed by atoms with Gasteiger partial charge in [0.1, 0.15) is 0 Å². The van der Waals surface area contributed by atoms with Crippen molar-refractivity contribution in [3.05, 3.63) is 39.8 Å². The summed E-state index contributed by atoms with van der Waals surface area (Å²) in [6, 6.07) is 10.2. The van der Waals surface area contributed by atoms with Crippen LogP contribution in [0.2, 0.25) is 9.49 Å². The van der Waals surface area contributed by atoms with E-state index < -0.39 is 0 Å². The summed E-state index contributed by atoms with van der Waals surface area (Å²) in [7, 11) is 0. The standard InChI is InChI=1S/C13H5Cl2NS2/c14-6-1-2-8-7(5-6)11-9(17-8)3-4-10-12(11)16-13(15)18-10/h1-5H. The summed E-state index contributed by atoms with van der Waals surface area (Å²) in [6.45, 7) is 0. The van der Waals surface area contributed by atoms with E-state index in [0.29, 0.717) is 4.47 Å². The van der Waals surface area contributed by atoms with Crippen molar-refractivity contribution in [2.75, 3.05) is 0 Å². The number of rotatable bonds is 0. The molecule has 0 N–H and O–H groups in total. The Bertz CT molecular complexity index is 907. The zero-order valence-electron chi connectivity index (χ0n) is 8.91. The van der Waals surface area contributed by atoms with Crippen LogP contribution in [0, 0.1) is 0 Å². The van der Waals surface area contributed by atoms with Gasteiger partial charge in [0.25, 0.3) is 0 Å². The SMILES string of the molecule is Clc1ccc2sc3ccc4sc(Cl)nc4c3c2c1. The minimum atomic E-state index is 0.582. The van der Waals surface area contributed by atoms with Crippen LogP contribution in [-0.4, -0.2) is 4.98 Å². The molecule has 5 heteroatoms. The molecule has 0 fully saturated rings. The molecule has 4 rings (SSSR count).